The highest BCUT2D eigenvalue weighted by Crippen LogP contribution is 2.27. The largest absolute Gasteiger partial charge is 0.338 e. The van der Waals surface area contributed by atoms with Gasteiger partial charge in [-0.05, 0) is 30.5 Å². The Morgan fingerprint density at radius 1 is 0.935 bits per heavy atom. The van der Waals surface area contributed by atoms with Gasteiger partial charge in [-0.3, -0.25) is 14.8 Å². The fraction of sp³-hybridized carbons (Fsp3) is 0.480. The van der Waals surface area contributed by atoms with Gasteiger partial charge in [0.2, 0.25) is 5.95 Å². The predicted molar refractivity (Wildman–Crippen MR) is 123 cm³/mol. The van der Waals surface area contributed by atoms with E-state index in [4.69, 9.17) is 9.97 Å². The van der Waals surface area contributed by atoms with Crippen LogP contribution >= 0.6 is 0 Å². The predicted octanol–water partition coefficient (Wildman–Crippen LogP) is 3.26. The number of benzene rings is 1. The number of anilines is 1. The highest BCUT2D eigenvalue weighted by molar-refractivity contribution is 5.78. The maximum Gasteiger partial charge on any atom is 0.225 e. The second-order valence-electron chi connectivity index (χ2n) is 9.25. The molecule has 0 spiro atoms. The number of nitrogens with zero attached hydrogens (tertiary/aromatic N) is 6. The zero-order valence-corrected chi connectivity index (χ0v) is 18.1. The lowest BCUT2D eigenvalue weighted by atomic mass is 9.91. The molecule has 1 saturated carbocycles. The second kappa shape index (κ2) is 8.17. The summed E-state index contributed by atoms with van der Waals surface area (Å²) in [6.45, 7) is 7.27. The lowest BCUT2D eigenvalue weighted by molar-refractivity contribution is 0.120. The summed E-state index contributed by atoms with van der Waals surface area (Å²) in [6, 6.07) is 11.4. The first-order chi connectivity index (χ1) is 15.3. The first kappa shape index (κ1) is 19.1. The Morgan fingerprint density at radius 2 is 1.81 bits per heavy atom. The molecule has 0 radical (unpaired) electrons. The van der Waals surface area contributed by atoms with Gasteiger partial charge in [0.15, 0.2) is 0 Å². The molecule has 6 heteroatoms. The van der Waals surface area contributed by atoms with Gasteiger partial charge in [0.1, 0.15) is 0 Å². The van der Waals surface area contributed by atoms with E-state index in [2.05, 4.69) is 50.1 Å². The maximum atomic E-state index is 4.98. The third-order valence-corrected chi connectivity index (χ3v) is 7.24. The van der Waals surface area contributed by atoms with E-state index >= 15 is 0 Å². The van der Waals surface area contributed by atoms with Crippen molar-refractivity contribution >= 4 is 16.9 Å². The molecule has 3 aromatic rings. The Morgan fingerprint density at radius 3 is 2.65 bits per heavy atom. The van der Waals surface area contributed by atoms with Crippen molar-refractivity contribution in [3.05, 3.63) is 59.5 Å². The van der Waals surface area contributed by atoms with Gasteiger partial charge < -0.3 is 4.90 Å². The van der Waals surface area contributed by atoms with Crippen LogP contribution < -0.4 is 4.90 Å². The zero-order chi connectivity index (χ0) is 20.6. The van der Waals surface area contributed by atoms with Crippen LogP contribution in [-0.4, -0.2) is 63.5 Å². The van der Waals surface area contributed by atoms with Crippen LogP contribution in [0.5, 0.6) is 0 Å². The topological polar surface area (TPSA) is 48.4 Å². The highest BCUT2D eigenvalue weighted by atomic mass is 15.3. The number of para-hydroxylation sites is 1. The molecular formula is C25H30N6. The van der Waals surface area contributed by atoms with Crippen LogP contribution in [0, 0.1) is 0 Å². The lowest BCUT2D eigenvalue weighted by Crippen LogP contribution is -2.52. The van der Waals surface area contributed by atoms with E-state index in [-0.39, 0.29) is 0 Å². The molecule has 2 aliphatic heterocycles. The Kier molecular flexibility index (Phi) is 5.04. The Balaban J connectivity index is 1.10. The van der Waals surface area contributed by atoms with Crippen molar-refractivity contribution in [2.75, 3.05) is 37.6 Å². The van der Waals surface area contributed by atoms with Gasteiger partial charge in [-0.2, -0.15) is 0 Å². The minimum atomic E-state index is 0.843. The Hall–Kier alpha value is -2.57. The van der Waals surface area contributed by atoms with E-state index in [1.807, 2.05) is 12.3 Å². The molecular weight excluding hydrogens is 384 g/mol. The number of piperazine rings is 1. The van der Waals surface area contributed by atoms with Gasteiger partial charge in [0, 0.05) is 81.6 Å². The van der Waals surface area contributed by atoms with Crippen LogP contribution in [0.3, 0.4) is 0 Å². The van der Waals surface area contributed by atoms with E-state index in [1.54, 1.807) is 0 Å². The summed E-state index contributed by atoms with van der Waals surface area (Å²) < 4.78 is 0. The summed E-state index contributed by atoms with van der Waals surface area (Å²) in [5, 5.41) is 1.21. The second-order valence-corrected chi connectivity index (χ2v) is 9.25. The molecule has 1 saturated heterocycles. The number of rotatable bonds is 4. The molecule has 1 aliphatic carbocycles. The molecule has 0 N–H and O–H groups in total. The smallest absolute Gasteiger partial charge is 0.225 e. The van der Waals surface area contributed by atoms with Crippen molar-refractivity contribution in [1.82, 2.24) is 24.8 Å². The normalized spacial score (nSPS) is 20.6. The molecule has 4 heterocycles. The van der Waals surface area contributed by atoms with E-state index in [9.17, 15) is 0 Å². The van der Waals surface area contributed by atoms with Crippen molar-refractivity contribution in [3.8, 4) is 0 Å². The molecule has 0 bridgehead atoms. The van der Waals surface area contributed by atoms with Gasteiger partial charge in [-0.25, -0.2) is 9.97 Å². The maximum absolute atomic E-state index is 4.98. The van der Waals surface area contributed by atoms with Gasteiger partial charge in [0.25, 0.3) is 0 Å². The first-order valence-corrected chi connectivity index (χ1v) is 11.7. The monoisotopic (exact) mass is 414 g/mol. The van der Waals surface area contributed by atoms with Crippen molar-refractivity contribution in [3.63, 3.8) is 0 Å². The molecule has 2 fully saturated rings. The van der Waals surface area contributed by atoms with Gasteiger partial charge >= 0.3 is 0 Å². The van der Waals surface area contributed by atoms with Crippen LogP contribution in [0.4, 0.5) is 5.95 Å². The number of hydrogen-bond acceptors (Lipinski definition) is 6. The summed E-state index contributed by atoms with van der Waals surface area (Å²) in [5.41, 5.74) is 4.84. The van der Waals surface area contributed by atoms with Gasteiger partial charge in [-0.1, -0.05) is 24.6 Å². The molecule has 160 valence electrons. The van der Waals surface area contributed by atoms with Crippen LogP contribution in [0.25, 0.3) is 10.9 Å². The van der Waals surface area contributed by atoms with Gasteiger partial charge in [0.05, 0.1) is 11.2 Å². The number of aromatic nitrogens is 3. The molecule has 31 heavy (non-hydrogen) atoms. The van der Waals surface area contributed by atoms with Crippen molar-refractivity contribution < 1.29 is 0 Å². The Bertz CT molecular complexity index is 1070. The molecule has 2 aromatic heterocycles. The van der Waals surface area contributed by atoms with E-state index < -0.39 is 0 Å². The lowest BCUT2D eigenvalue weighted by Gasteiger charge is -2.43. The molecule has 1 aromatic carbocycles. The van der Waals surface area contributed by atoms with Crippen molar-refractivity contribution in [1.29, 1.82) is 0 Å². The standard InChI is InChI=1S/C25H30N6/c1-2-7-23-20(4-1)14-19(15-26-23)17-29-9-8-24-21(18-29)16-27-25(28-24)31-12-10-30(11-13-31)22-5-3-6-22/h1-2,4,7,14-16,22H,3,5-6,8-13,17-18H2. The summed E-state index contributed by atoms with van der Waals surface area (Å²) in [7, 11) is 0. The van der Waals surface area contributed by atoms with Crippen LogP contribution in [-0.2, 0) is 19.5 Å². The first-order valence-electron chi connectivity index (χ1n) is 11.7. The summed E-state index contributed by atoms with van der Waals surface area (Å²) >= 11 is 0. The summed E-state index contributed by atoms with van der Waals surface area (Å²) in [6.07, 6.45) is 9.27. The fourth-order valence-corrected chi connectivity index (χ4v) is 5.15. The molecule has 0 atom stereocenters. The van der Waals surface area contributed by atoms with E-state index in [1.165, 1.54) is 41.5 Å². The highest BCUT2D eigenvalue weighted by Gasteiger charge is 2.29. The van der Waals surface area contributed by atoms with E-state index in [0.717, 1.165) is 69.7 Å². The number of hydrogen-bond donors (Lipinski definition) is 0. The SMILES string of the molecule is c1ccc2ncc(CN3CCc4nc(N5CCN(C6CCC6)CC5)ncc4C3)cc2c1. The number of pyridine rings is 1. The third-order valence-electron chi connectivity index (χ3n) is 7.24. The van der Waals surface area contributed by atoms with Gasteiger partial charge in [-0.15, -0.1) is 0 Å². The molecule has 0 unspecified atom stereocenters. The molecule has 0 amide bonds. The minimum absolute atomic E-state index is 0.843. The van der Waals surface area contributed by atoms with Crippen LogP contribution in [0.2, 0.25) is 0 Å². The third kappa shape index (κ3) is 3.90. The van der Waals surface area contributed by atoms with Crippen LogP contribution in [0.15, 0.2) is 42.7 Å². The zero-order valence-electron chi connectivity index (χ0n) is 18.1. The average molecular weight is 415 g/mol. The molecule has 6 nitrogen and oxygen atoms in total. The summed E-state index contributed by atoms with van der Waals surface area (Å²) in [5.74, 6) is 0.930. The number of fused-ring (bicyclic) bond motifs is 2. The van der Waals surface area contributed by atoms with Crippen molar-refractivity contribution in [2.45, 2.75) is 44.8 Å². The fourth-order valence-electron chi connectivity index (χ4n) is 5.15. The van der Waals surface area contributed by atoms with Crippen molar-refractivity contribution in [2.24, 2.45) is 0 Å². The quantitative estimate of drug-likeness (QED) is 0.653. The average Bonchev–Trinajstić information content (AvgIpc) is 2.78. The minimum Gasteiger partial charge on any atom is -0.338 e. The Labute approximate surface area is 183 Å². The van der Waals surface area contributed by atoms with E-state index in [0.29, 0.717) is 0 Å². The van der Waals surface area contributed by atoms with Crippen LogP contribution in [0.1, 0.15) is 36.1 Å². The summed E-state index contributed by atoms with van der Waals surface area (Å²) in [4.78, 5) is 21.9. The molecule has 3 aliphatic rings. The molecule has 6 rings (SSSR count).